The molecular weight excluding hydrogens is 264 g/mol. The number of hydrogen-bond acceptors (Lipinski definition) is 2. The van der Waals surface area contributed by atoms with Gasteiger partial charge in [0.25, 0.3) is 0 Å². The second-order valence-corrected chi connectivity index (χ2v) is 5.91. The van der Waals surface area contributed by atoms with Crippen LogP contribution in [0.5, 0.6) is 0 Å². The number of rotatable bonds is 3. The molecule has 0 aromatic rings. The Morgan fingerprint density at radius 2 is 2.00 bits per heavy atom. The Morgan fingerprint density at radius 3 is 2.53 bits per heavy atom. The normalized spacial score (nSPS) is 30.4. The van der Waals surface area contributed by atoms with Crippen LogP contribution in [0.4, 0.5) is 0 Å². The van der Waals surface area contributed by atoms with Gasteiger partial charge in [-0.2, -0.15) is 0 Å². The van der Waals surface area contributed by atoms with Gasteiger partial charge in [0.2, 0.25) is 11.8 Å². The maximum absolute atomic E-state index is 12.7. The molecule has 1 aliphatic heterocycles. The molecule has 19 heavy (non-hydrogen) atoms. The molecule has 1 spiro atoms. The minimum atomic E-state index is -0.787. The van der Waals surface area contributed by atoms with Gasteiger partial charge < -0.3 is 10.2 Å². The van der Waals surface area contributed by atoms with Crippen molar-refractivity contribution in [2.24, 2.45) is 0 Å². The van der Waals surface area contributed by atoms with Crippen molar-refractivity contribution in [3.8, 4) is 0 Å². The number of nitrogens with one attached hydrogen (secondary N) is 1. The van der Waals surface area contributed by atoms with E-state index >= 15 is 0 Å². The van der Waals surface area contributed by atoms with Crippen molar-refractivity contribution in [1.29, 1.82) is 0 Å². The van der Waals surface area contributed by atoms with Gasteiger partial charge in [0.15, 0.2) is 0 Å². The van der Waals surface area contributed by atoms with Crippen LogP contribution >= 0.6 is 11.6 Å². The monoisotopic (exact) mass is 284 g/mol. The Labute approximate surface area is 119 Å². The molecular formula is C14H21ClN2O2. The molecule has 2 rings (SSSR count). The summed E-state index contributed by atoms with van der Waals surface area (Å²) in [5.41, 5.74) is -0.0288. The molecule has 106 valence electrons. The Kier molecular flexibility index (Phi) is 3.90. The largest absolute Gasteiger partial charge is 0.340 e. The highest BCUT2D eigenvalue weighted by Crippen LogP contribution is 2.40. The van der Waals surface area contributed by atoms with Crippen LogP contribution in [0, 0.1) is 0 Å². The summed E-state index contributed by atoms with van der Waals surface area (Å²) in [6, 6.07) is 0. The first-order valence-corrected chi connectivity index (χ1v) is 7.34. The predicted molar refractivity (Wildman–Crippen MR) is 74.7 cm³/mol. The highest BCUT2D eigenvalue weighted by Gasteiger charge is 2.56. The fourth-order valence-corrected chi connectivity index (χ4v) is 3.21. The van der Waals surface area contributed by atoms with E-state index in [-0.39, 0.29) is 11.8 Å². The molecule has 2 amide bonds. The van der Waals surface area contributed by atoms with Gasteiger partial charge in [-0.05, 0) is 26.2 Å². The van der Waals surface area contributed by atoms with Crippen LogP contribution in [0.2, 0.25) is 0 Å². The van der Waals surface area contributed by atoms with Crippen molar-refractivity contribution >= 4 is 23.4 Å². The predicted octanol–water partition coefficient (Wildman–Crippen LogP) is 2.18. The fourth-order valence-electron chi connectivity index (χ4n) is 3.13. The lowest BCUT2D eigenvalue weighted by molar-refractivity contribution is -0.161. The number of halogens is 1. The van der Waals surface area contributed by atoms with E-state index in [1.165, 1.54) is 5.54 Å². The molecule has 2 aliphatic rings. The number of amides is 2. The van der Waals surface area contributed by atoms with Crippen molar-refractivity contribution in [2.45, 2.75) is 57.0 Å². The lowest BCUT2D eigenvalue weighted by Crippen LogP contribution is -2.74. The number of carbonyl (C=O) groups excluding carboxylic acids is 2. The van der Waals surface area contributed by atoms with Gasteiger partial charge in [-0.15, -0.1) is 0 Å². The fraction of sp³-hybridized carbons (Fsp3) is 0.714. The maximum Gasteiger partial charge on any atom is 0.249 e. The lowest BCUT2D eigenvalue weighted by Gasteiger charge is -2.49. The standard InChI is InChI=1S/C14H21ClN2O2/c1-3-13(2)12(19)17(10-6-9-15)14(11(18)16-13)7-4-5-8-14/h6,9H,3-5,7-8,10H2,1-2H3,(H,16,18)/b9-6+. The van der Waals surface area contributed by atoms with Gasteiger partial charge in [-0.1, -0.05) is 37.4 Å². The number of piperazine rings is 1. The van der Waals surface area contributed by atoms with Crippen molar-refractivity contribution in [3.63, 3.8) is 0 Å². The average molecular weight is 285 g/mol. The van der Waals surface area contributed by atoms with Crippen molar-refractivity contribution in [1.82, 2.24) is 10.2 Å². The van der Waals surface area contributed by atoms with Crippen LogP contribution in [0.3, 0.4) is 0 Å². The van der Waals surface area contributed by atoms with Crippen molar-refractivity contribution in [2.75, 3.05) is 6.54 Å². The highest BCUT2D eigenvalue weighted by molar-refractivity contribution is 6.25. The van der Waals surface area contributed by atoms with Crippen LogP contribution in [0.25, 0.3) is 0 Å². The van der Waals surface area contributed by atoms with Gasteiger partial charge >= 0.3 is 0 Å². The molecule has 1 atom stereocenters. The van der Waals surface area contributed by atoms with Crippen LogP contribution < -0.4 is 5.32 Å². The average Bonchev–Trinajstić information content (AvgIpc) is 2.88. The zero-order chi connectivity index (χ0) is 14.1. The summed E-state index contributed by atoms with van der Waals surface area (Å²) < 4.78 is 0. The zero-order valence-electron chi connectivity index (χ0n) is 11.5. The summed E-state index contributed by atoms with van der Waals surface area (Å²) in [6.45, 7) is 4.12. The van der Waals surface area contributed by atoms with E-state index in [0.717, 1.165) is 25.7 Å². The Balaban J connectivity index is 2.38. The van der Waals surface area contributed by atoms with Crippen LogP contribution in [0.15, 0.2) is 11.6 Å². The highest BCUT2D eigenvalue weighted by atomic mass is 35.5. The summed E-state index contributed by atoms with van der Waals surface area (Å²) in [4.78, 5) is 27.0. The van der Waals surface area contributed by atoms with Crippen LogP contribution in [0.1, 0.15) is 46.0 Å². The summed E-state index contributed by atoms with van der Waals surface area (Å²) in [7, 11) is 0. The minimum Gasteiger partial charge on any atom is -0.340 e. The van der Waals surface area contributed by atoms with Crippen LogP contribution in [-0.4, -0.2) is 34.3 Å². The summed E-state index contributed by atoms with van der Waals surface area (Å²) in [5.74, 6) is 0.00295. The molecule has 4 nitrogen and oxygen atoms in total. The third-order valence-corrected chi connectivity index (χ3v) is 4.74. The third kappa shape index (κ3) is 2.16. The second-order valence-electron chi connectivity index (χ2n) is 5.66. The van der Waals surface area contributed by atoms with Crippen molar-refractivity contribution in [3.05, 3.63) is 11.6 Å². The van der Waals surface area contributed by atoms with Crippen LogP contribution in [-0.2, 0) is 9.59 Å². The Hall–Kier alpha value is -1.03. The smallest absolute Gasteiger partial charge is 0.249 e. The quantitative estimate of drug-likeness (QED) is 0.863. The van der Waals surface area contributed by atoms with Gasteiger partial charge in [0.05, 0.1) is 0 Å². The molecule has 0 aromatic heterocycles. The maximum atomic E-state index is 12.7. The van der Waals surface area contributed by atoms with E-state index in [0.29, 0.717) is 13.0 Å². The first-order valence-electron chi connectivity index (χ1n) is 6.90. The van der Waals surface area contributed by atoms with Crippen molar-refractivity contribution < 1.29 is 9.59 Å². The van der Waals surface area contributed by atoms with Gasteiger partial charge in [0, 0.05) is 12.1 Å². The first kappa shape index (κ1) is 14.4. The van der Waals surface area contributed by atoms with Gasteiger partial charge in [-0.25, -0.2) is 0 Å². The number of carbonyl (C=O) groups is 2. The molecule has 0 aromatic carbocycles. The molecule has 1 saturated carbocycles. The molecule has 1 saturated heterocycles. The molecule has 2 fully saturated rings. The molecule has 1 N–H and O–H groups in total. The summed E-state index contributed by atoms with van der Waals surface area (Å²) in [5, 5.41) is 2.94. The topological polar surface area (TPSA) is 49.4 Å². The van der Waals surface area contributed by atoms with Gasteiger partial charge in [0.1, 0.15) is 11.1 Å². The zero-order valence-corrected chi connectivity index (χ0v) is 12.3. The Bertz CT molecular complexity index is 416. The van der Waals surface area contributed by atoms with E-state index in [9.17, 15) is 9.59 Å². The minimum absolute atomic E-state index is 0.00285. The first-order chi connectivity index (χ1) is 9.00. The van der Waals surface area contributed by atoms with E-state index in [4.69, 9.17) is 11.6 Å². The Morgan fingerprint density at radius 1 is 1.37 bits per heavy atom. The molecule has 1 heterocycles. The summed E-state index contributed by atoms with van der Waals surface area (Å²) >= 11 is 5.59. The van der Waals surface area contributed by atoms with E-state index < -0.39 is 11.1 Å². The number of hydrogen-bond donors (Lipinski definition) is 1. The number of nitrogens with zero attached hydrogens (tertiary/aromatic N) is 1. The molecule has 1 unspecified atom stereocenters. The second kappa shape index (κ2) is 5.16. The molecule has 0 bridgehead atoms. The van der Waals surface area contributed by atoms with E-state index in [1.54, 1.807) is 17.9 Å². The van der Waals surface area contributed by atoms with E-state index in [1.807, 2.05) is 6.92 Å². The lowest BCUT2D eigenvalue weighted by atomic mass is 9.83. The third-order valence-electron chi connectivity index (χ3n) is 4.56. The van der Waals surface area contributed by atoms with Gasteiger partial charge in [-0.3, -0.25) is 9.59 Å². The molecule has 5 heteroatoms. The summed E-state index contributed by atoms with van der Waals surface area (Å²) in [6.07, 6.45) is 5.80. The van der Waals surface area contributed by atoms with E-state index in [2.05, 4.69) is 5.32 Å². The molecule has 0 radical (unpaired) electrons. The SMILES string of the molecule is CCC1(C)NC(=O)C2(CCCC2)N(C/C=C/Cl)C1=O. The molecule has 1 aliphatic carbocycles.